The van der Waals surface area contributed by atoms with Crippen LogP contribution in [0.3, 0.4) is 0 Å². The molecule has 1 N–H and O–H groups in total. The Morgan fingerprint density at radius 3 is 2.29 bits per heavy atom. The van der Waals surface area contributed by atoms with E-state index in [0.717, 1.165) is 63.4 Å². The van der Waals surface area contributed by atoms with Gasteiger partial charge in [0.15, 0.2) is 17.5 Å². The van der Waals surface area contributed by atoms with Crippen LogP contribution < -0.4 is 15.0 Å². The summed E-state index contributed by atoms with van der Waals surface area (Å²) in [7, 11) is 0. The maximum absolute atomic E-state index is 5.78. The van der Waals surface area contributed by atoms with Gasteiger partial charge in [0, 0.05) is 11.3 Å². The summed E-state index contributed by atoms with van der Waals surface area (Å²) in [6.07, 6.45) is 0.991. The average Bonchev–Trinajstić information content (AvgIpc) is 3.37. The van der Waals surface area contributed by atoms with Gasteiger partial charge in [-0.25, -0.2) is 14.7 Å². The van der Waals surface area contributed by atoms with Crippen molar-refractivity contribution in [3.8, 4) is 11.4 Å². The van der Waals surface area contributed by atoms with Crippen molar-refractivity contribution in [1.29, 1.82) is 0 Å². The lowest BCUT2D eigenvalue weighted by Gasteiger charge is -2.40. The molecule has 0 saturated carbocycles. The molecule has 5 aromatic rings. The highest BCUT2D eigenvalue weighted by atomic mass is 16.5. The Kier molecular flexibility index (Phi) is 6.55. The van der Waals surface area contributed by atoms with Crippen LogP contribution in [0, 0.1) is 6.92 Å². The predicted octanol–water partition coefficient (Wildman–Crippen LogP) is 7.94. The second-order valence-electron chi connectivity index (χ2n) is 10.4. The zero-order valence-electron chi connectivity index (χ0n) is 24.0. The van der Waals surface area contributed by atoms with Gasteiger partial charge in [-0.1, -0.05) is 61.5 Å². The highest BCUT2D eigenvalue weighted by molar-refractivity contribution is 6.51. The van der Waals surface area contributed by atoms with Gasteiger partial charge in [-0.3, -0.25) is 0 Å². The van der Waals surface area contributed by atoms with Crippen molar-refractivity contribution in [3.05, 3.63) is 126 Å². The number of fused-ring (bicyclic) bond motifs is 4. The highest BCUT2D eigenvalue weighted by Crippen LogP contribution is 2.48. The zero-order valence-corrected chi connectivity index (χ0v) is 24.0. The topological polar surface area (TPSA) is 67.0 Å². The number of nitrogens with one attached hydrogen (secondary N) is 1. The molecular weight excluding hydrogens is 520 g/mol. The first kappa shape index (κ1) is 25.8. The van der Waals surface area contributed by atoms with E-state index in [9.17, 15) is 0 Å². The fourth-order valence-electron chi connectivity index (χ4n) is 5.74. The SMILES string of the molecule is CCOc1ccc([C@H]2c3c(C)nn(-c4ccccc4)c3N=C3C(Nc4ccc(CC)cc4)=Nc4ccccc4N32)cc1. The number of anilines is 2. The van der Waals surface area contributed by atoms with Crippen LogP contribution >= 0.6 is 0 Å². The third-order valence-corrected chi connectivity index (χ3v) is 7.77. The molecule has 0 radical (unpaired) electrons. The summed E-state index contributed by atoms with van der Waals surface area (Å²) in [5.74, 6) is 3.09. The van der Waals surface area contributed by atoms with Crippen molar-refractivity contribution < 1.29 is 4.74 Å². The van der Waals surface area contributed by atoms with Gasteiger partial charge in [0.2, 0.25) is 0 Å². The first-order valence-electron chi connectivity index (χ1n) is 14.4. The molecule has 1 aromatic heterocycles. The van der Waals surface area contributed by atoms with Crippen LogP contribution in [0.25, 0.3) is 5.69 Å². The number of aryl methyl sites for hydroxylation is 2. The summed E-state index contributed by atoms with van der Waals surface area (Å²) >= 11 is 0. The number of nitrogens with zero attached hydrogens (tertiary/aromatic N) is 5. The Labute approximate surface area is 245 Å². The maximum Gasteiger partial charge on any atom is 0.179 e. The van der Waals surface area contributed by atoms with E-state index in [2.05, 4.69) is 90.8 Å². The van der Waals surface area contributed by atoms with Crippen molar-refractivity contribution in [1.82, 2.24) is 9.78 Å². The van der Waals surface area contributed by atoms with E-state index in [-0.39, 0.29) is 6.04 Å². The molecule has 0 aliphatic carbocycles. The van der Waals surface area contributed by atoms with Crippen LogP contribution in [0.2, 0.25) is 0 Å². The van der Waals surface area contributed by atoms with Crippen molar-refractivity contribution in [2.75, 3.05) is 16.8 Å². The van der Waals surface area contributed by atoms with Gasteiger partial charge in [-0.05, 0) is 79.9 Å². The number of para-hydroxylation sites is 3. The summed E-state index contributed by atoms with van der Waals surface area (Å²) < 4.78 is 7.73. The summed E-state index contributed by atoms with van der Waals surface area (Å²) in [5, 5.41) is 8.62. The number of benzene rings is 4. The van der Waals surface area contributed by atoms with Gasteiger partial charge < -0.3 is 15.0 Å². The molecule has 3 heterocycles. The summed E-state index contributed by atoms with van der Waals surface area (Å²) in [6.45, 7) is 6.85. The molecule has 1 atom stereocenters. The van der Waals surface area contributed by atoms with Crippen LogP contribution in [0.1, 0.15) is 42.3 Å². The molecule has 0 spiro atoms. The lowest BCUT2D eigenvalue weighted by molar-refractivity contribution is 0.340. The van der Waals surface area contributed by atoms with E-state index < -0.39 is 0 Å². The summed E-state index contributed by atoms with van der Waals surface area (Å²) in [5.41, 5.74) is 8.21. The minimum atomic E-state index is -0.184. The van der Waals surface area contributed by atoms with Crippen LogP contribution in [0.5, 0.6) is 5.75 Å². The molecule has 0 saturated heterocycles. The van der Waals surface area contributed by atoms with Gasteiger partial charge >= 0.3 is 0 Å². The molecule has 208 valence electrons. The van der Waals surface area contributed by atoms with E-state index >= 15 is 0 Å². The molecule has 7 rings (SSSR count). The van der Waals surface area contributed by atoms with Gasteiger partial charge in [0.05, 0.1) is 35.4 Å². The van der Waals surface area contributed by atoms with Gasteiger partial charge in [-0.2, -0.15) is 5.10 Å². The first-order chi connectivity index (χ1) is 20.6. The van der Waals surface area contributed by atoms with Crippen molar-refractivity contribution in [2.24, 2.45) is 9.98 Å². The molecule has 7 nitrogen and oxygen atoms in total. The highest BCUT2D eigenvalue weighted by Gasteiger charge is 2.41. The van der Waals surface area contributed by atoms with Crippen LogP contribution in [0.15, 0.2) is 113 Å². The molecular formula is C35H32N6O. The molecule has 42 heavy (non-hydrogen) atoms. The van der Waals surface area contributed by atoms with E-state index in [0.29, 0.717) is 12.4 Å². The minimum absolute atomic E-state index is 0.184. The number of rotatable bonds is 6. The van der Waals surface area contributed by atoms with Crippen molar-refractivity contribution in [3.63, 3.8) is 0 Å². The lowest BCUT2D eigenvalue weighted by Crippen LogP contribution is -2.46. The number of hydrogen-bond acceptors (Lipinski definition) is 6. The smallest absolute Gasteiger partial charge is 0.179 e. The monoisotopic (exact) mass is 552 g/mol. The third-order valence-electron chi connectivity index (χ3n) is 7.77. The minimum Gasteiger partial charge on any atom is -0.494 e. The van der Waals surface area contributed by atoms with Gasteiger partial charge in [0.1, 0.15) is 5.75 Å². The quantitative estimate of drug-likeness (QED) is 0.232. The Morgan fingerprint density at radius 1 is 0.810 bits per heavy atom. The molecule has 4 aromatic carbocycles. The molecule has 0 fully saturated rings. The predicted molar refractivity (Wildman–Crippen MR) is 170 cm³/mol. The molecule has 2 aliphatic heterocycles. The number of aromatic nitrogens is 2. The normalized spacial score (nSPS) is 15.2. The fraction of sp³-hybridized carbons (Fsp3) is 0.171. The number of aliphatic imine (C=N–C) groups is 2. The molecule has 0 unspecified atom stereocenters. The van der Waals surface area contributed by atoms with Gasteiger partial charge in [-0.15, -0.1) is 0 Å². The summed E-state index contributed by atoms with van der Waals surface area (Å²) in [6, 6.07) is 35.1. The summed E-state index contributed by atoms with van der Waals surface area (Å²) in [4.78, 5) is 12.7. The fourth-order valence-corrected chi connectivity index (χ4v) is 5.74. The second-order valence-corrected chi connectivity index (χ2v) is 10.4. The Balaban J connectivity index is 1.45. The van der Waals surface area contributed by atoms with E-state index in [1.54, 1.807) is 0 Å². The molecule has 7 heteroatoms. The van der Waals surface area contributed by atoms with E-state index in [1.807, 2.05) is 48.0 Å². The number of ether oxygens (including phenoxy) is 1. The standard InChI is InChI=1S/C35H32N6O/c1-4-24-15-19-26(20-16-24)36-33-35-38-34-31(23(3)39-41(34)27-11-7-6-8-12-27)32(25-17-21-28(22-18-25)42-5-2)40(35)30-14-10-9-13-29(30)37-33/h6-22,32H,4-5H2,1-3H3,(H,36,37)/t32-/m0/s1. The zero-order chi connectivity index (χ0) is 28.6. The second kappa shape index (κ2) is 10.7. The third kappa shape index (κ3) is 4.43. The Bertz CT molecular complexity index is 1800. The Hall–Kier alpha value is -5.17. The van der Waals surface area contributed by atoms with Crippen molar-refractivity contribution in [2.45, 2.75) is 33.2 Å². The lowest BCUT2D eigenvalue weighted by atomic mass is 9.93. The Morgan fingerprint density at radius 2 is 1.55 bits per heavy atom. The van der Waals surface area contributed by atoms with Crippen LogP contribution in [-0.4, -0.2) is 28.1 Å². The van der Waals surface area contributed by atoms with E-state index in [1.165, 1.54) is 5.56 Å². The molecule has 2 aliphatic rings. The van der Waals surface area contributed by atoms with Crippen molar-refractivity contribution >= 4 is 34.6 Å². The average molecular weight is 553 g/mol. The largest absolute Gasteiger partial charge is 0.494 e. The first-order valence-corrected chi connectivity index (χ1v) is 14.4. The van der Waals surface area contributed by atoms with Crippen LogP contribution in [-0.2, 0) is 6.42 Å². The molecule has 0 amide bonds. The maximum atomic E-state index is 5.78. The van der Waals surface area contributed by atoms with Crippen LogP contribution in [0.4, 0.5) is 22.9 Å². The van der Waals surface area contributed by atoms with E-state index in [4.69, 9.17) is 19.8 Å². The number of amidine groups is 2. The number of hydrogen-bond donors (Lipinski definition) is 1. The molecule has 0 bridgehead atoms. The van der Waals surface area contributed by atoms with Gasteiger partial charge in [0.25, 0.3) is 0 Å².